The number of hydrogen-bond acceptors (Lipinski definition) is 3. The lowest BCUT2D eigenvalue weighted by molar-refractivity contribution is 0.279. The lowest BCUT2D eigenvalue weighted by Gasteiger charge is -2.20. The molecule has 0 radical (unpaired) electrons. The van der Waals surface area contributed by atoms with Gasteiger partial charge in [-0.05, 0) is 30.5 Å². The van der Waals surface area contributed by atoms with Crippen molar-refractivity contribution < 1.29 is 9.47 Å². The Morgan fingerprint density at radius 2 is 1.73 bits per heavy atom. The molecule has 0 spiro atoms. The second-order valence-electron chi connectivity index (χ2n) is 6.90. The Morgan fingerprint density at radius 1 is 1.00 bits per heavy atom. The average molecular weight is 418 g/mol. The Balaban J connectivity index is 1.74. The molecule has 0 aromatic heterocycles. The quantitative estimate of drug-likeness (QED) is 0.573. The molecule has 0 saturated heterocycles. The van der Waals surface area contributed by atoms with Gasteiger partial charge in [-0.15, -0.1) is 0 Å². The van der Waals surface area contributed by atoms with Gasteiger partial charge in [0, 0.05) is 22.6 Å². The van der Waals surface area contributed by atoms with E-state index in [1.807, 2.05) is 30.3 Å². The van der Waals surface area contributed by atoms with E-state index in [-0.39, 0.29) is 0 Å². The highest BCUT2D eigenvalue weighted by Crippen LogP contribution is 2.37. The van der Waals surface area contributed by atoms with Gasteiger partial charge in [-0.3, -0.25) is 0 Å². The third-order valence-electron chi connectivity index (χ3n) is 5.04. The molecule has 0 unspecified atom stereocenters. The molecule has 1 aliphatic carbocycles. The van der Waals surface area contributed by atoms with Crippen LogP contribution in [0.25, 0.3) is 0 Å². The van der Waals surface area contributed by atoms with E-state index in [1.54, 1.807) is 7.11 Å². The molecule has 0 amide bonds. The molecule has 0 heterocycles. The van der Waals surface area contributed by atoms with Gasteiger partial charge in [-0.25, -0.2) is 0 Å². The summed E-state index contributed by atoms with van der Waals surface area (Å²) in [5.74, 6) is 1.61. The highest BCUT2D eigenvalue weighted by atomic mass is 79.9. The molecule has 2 aromatic carbocycles. The van der Waals surface area contributed by atoms with E-state index in [0.29, 0.717) is 12.6 Å². The molecule has 1 saturated carbocycles. The lowest BCUT2D eigenvalue weighted by Crippen LogP contribution is -2.28. The first kappa shape index (κ1) is 19.2. The van der Waals surface area contributed by atoms with Crippen LogP contribution < -0.4 is 14.8 Å². The zero-order valence-corrected chi connectivity index (χ0v) is 17.1. The Morgan fingerprint density at radius 3 is 2.42 bits per heavy atom. The summed E-state index contributed by atoms with van der Waals surface area (Å²) in [6, 6.07) is 14.8. The Hall–Kier alpha value is -1.52. The van der Waals surface area contributed by atoms with Crippen molar-refractivity contribution in [1.82, 2.24) is 5.32 Å². The molecular formula is C22H28BrNO2. The standard InChI is InChI=1S/C22H28BrNO2/c1-25-21-14-13-20(23)19(15-24-18-11-7-2-3-8-12-18)22(21)26-16-17-9-5-4-6-10-17/h4-6,9-10,13-14,18,24H,2-3,7-8,11-12,15-16H2,1H3. The van der Waals surface area contributed by atoms with Crippen molar-refractivity contribution in [1.29, 1.82) is 0 Å². The molecule has 1 fully saturated rings. The van der Waals surface area contributed by atoms with Gasteiger partial charge in [0.2, 0.25) is 0 Å². The normalized spacial score (nSPS) is 15.5. The van der Waals surface area contributed by atoms with Gasteiger partial charge < -0.3 is 14.8 Å². The van der Waals surface area contributed by atoms with Gasteiger partial charge in [0.05, 0.1) is 7.11 Å². The molecule has 4 heteroatoms. The number of halogens is 1. The first-order valence-corrected chi connectivity index (χ1v) is 10.3. The van der Waals surface area contributed by atoms with Crippen LogP contribution in [-0.2, 0) is 13.2 Å². The van der Waals surface area contributed by atoms with Crippen LogP contribution in [0.4, 0.5) is 0 Å². The molecule has 2 aromatic rings. The predicted molar refractivity (Wildman–Crippen MR) is 110 cm³/mol. The maximum atomic E-state index is 6.20. The van der Waals surface area contributed by atoms with E-state index < -0.39 is 0 Å². The number of nitrogens with one attached hydrogen (secondary N) is 1. The number of hydrogen-bond donors (Lipinski definition) is 1. The summed E-state index contributed by atoms with van der Waals surface area (Å²) in [5, 5.41) is 3.74. The molecule has 0 atom stereocenters. The van der Waals surface area contributed by atoms with E-state index in [2.05, 4.69) is 33.4 Å². The van der Waals surface area contributed by atoms with Crippen molar-refractivity contribution in [3.05, 3.63) is 58.1 Å². The van der Waals surface area contributed by atoms with E-state index >= 15 is 0 Å². The molecule has 1 N–H and O–H groups in total. The maximum absolute atomic E-state index is 6.20. The topological polar surface area (TPSA) is 30.5 Å². The van der Waals surface area contributed by atoms with Crippen LogP contribution in [0.2, 0.25) is 0 Å². The summed E-state index contributed by atoms with van der Waals surface area (Å²) in [4.78, 5) is 0. The molecule has 1 aliphatic rings. The van der Waals surface area contributed by atoms with Crippen LogP contribution in [0.3, 0.4) is 0 Å². The van der Waals surface area contributed by atoms with Crippen LogP contribution in [-0.4, -0.2) is 13.2 Å². The van der Waals surface area contributed by atoms with E-state index in [9.17, 15) is 0 Å². The summed E-state index contributed by atoms with van der Waals surface area (Å²) in [7, 11) is 1.70. The van der Waals surface area contributed by atoms with Gasteiger partial charge in [-0.2, -0.15) is 0 Å². The number of ether oxygens (including phenoxy) is 2. The summed E-state index contributed by atoms with van der Waals surface area (Å²) >= 11 is 3.70. The fraction of sp³-hybridized carbons (Fsp3) is 0.455. The largest absolute Gasteiger partial charge is 0.493 e. The SMILES string of the molecule is COc1ccc(Br)c(CNC2CCCCCC2)c1OCc1ccccc1. The van der Waals surface area contributed by atoms with E-state index in [4.69, 9.17) is 9.47 Å². The fourth-order valence-corrected chi connectivity index (χ4v) is 3.98. The third-order valence-corrected chi connectivity index (χ3v) is 5.78. The van der Waals surface area contributed by atoms with Crippen molar-refractivity contribution in [2.75, 3.05) is 7.11 Å². The molecule has 140 valence electrons. The van der Waals surface area contributed by atoms with Crippen molar-refractivity contribution in [2.45, 2.75) is 57.7 Å². The fourth-order valence-electron chi connectivity index (χ4n) is 3.53. The van der Waals surface area contributed by atoms with Crippen molar-refractivity contribution in [3.8, 4) is 11.5 Å². The van der Waals surface area contributed by atoms with Gasteiger partial charge in [0.25, 0.3) is 0 Å². The third kappa shape index (κ3) is 5.24. The predicted octanol–water partition coefficient (Wildman–Crippen LogP) is 5.85. The van der Waals surface area contributed by atoms with Crippen molar-refractivity contribution in [2.24, 2.45) is 0 Å². The summed E-state index contributed by atoms with van der Waals surface area (Å²) in [6.45, 7) is 1.32. The number of rotatable bonds is 7. The highest BCUT2D eigenvalue weighted by Gasteiger charge is 2.17. The molecule has 26 heavy (non-hydrogen) atoms. The lowest BCUT2D eigenvalue weighted by atomic mass is 10.1. The van der Waals surface area contributed by atoms with Crippen molar-refractivity contribution in [3.63, 3.8) is 0 Å². The number of benzene rings is 2. The summed E-state index contributed by atoms with van der Waals surface area (Å²) in [5.41, 5.74) is 2.28. The Labute approximate surface area is 165 Å². The van der Waals surface area contributed by atoms with E-state index in [1.165, 1.54) is 38.5 Å². The molecule has 0 bridgehead atoms. The second-order valence-corrected chi connectivity index (χ2v) is 7.76. The first-order chi connectivity index (χ1) is 12.8. The van der Waals surface area contributed by atoms with E-state index in [0.717, 1.165) is 33.6 Å². The van der Waals surface area contributed by atoms with Gasteiger partial charge in [0.15, 0.2) is 11.5 Å². The Bertz CT molecular complexity index is 682. The molecule has 3 rings (SSSR count). The van der Waals surface area contributed by atoms with Crippen LogP contribution in [0.5, 0.6) is 11.5 Å². The monoisotopic (exact) mass is 417 g/mol. The zero-order chi connectivity index (χ0) is 18.2. The van der Waals surface area contributed by atoms with Crippen LogP contribution in [0.15, 0.2) is 46.9 Å². The van der Waals surface area contributed by atoms with Gasteiger partial charge in [0.1, 0.15) is 6.61 Å². The highest BCUT2D eigenvalue weighted by molar-refractivity contribution is 9.10. The number of methoxy groups -OCH3 is 1. The second kappa shape index (κ2) is 9.98. The molecule has 3 nitrogen and oxygen atoms in total. The summed E-state index contributed by atoms with van der Waals surface area (Å²) < 4.78 is 12.8. The van der Waals surface area contributed by atoms with Crippen LogP contribution in [0.1, 0.15) is 49.7 Å². The maximum Gasteiger partial charge on any atom is 0.167 e. The minimum absolute atomic E-state index is 0.532. The molecular weight excluding hydrogens is 390 g/mol. The van der Waals surface area contributed by atoms with Gasteiger partial charge in [-0.1, -0.05) is 71.9 Å². The minimum Gasteiger partial charge on any atom is -0.493 e. The Kier molecular flexibility index (Phi) is 7.39. The molecule has 0 aliphatic heterocycles. The summed E-state index contributed by atoms with van der Waals surface area (Å²) in [6.07, 6.45) is 7.92. The van der Waals surface area contributed by atoms with Crippen LogP contribution in [0, 0.1) is 0 Å². The van der Waals surface area contributed by atoms with Gasteiger partial charge >= 0.3 is 0 Å². The minimum atomic E-state index is 0.532. The first-order valence-electron chi connectivity index (χ1n) is 9.53. The zero-order valence-electron chi connectivity index (χ0n) is 15.5. The average Bonchev–Trinajstić information content (AvgIpc) is 2.95. The smallest absolute Gasteiger partial charge is 0.167 e. The van der Waals surface area contributed by atoms with Crippen LogP contribution >= 0.6 is 15.9 Å². The van der Waals surface area contributed by atoms with Crippen molar-refractivity contribution >= 4 is 15.9 Å².